The summed E-state index contributed by atoms with van der Waals surface area (Å²) in [5.74, 6) is -0.995. The molecule has 2 aromatic carbocycles. The Morgan fingerprint density at radius 1 is 1.03 bits per heavy atom. The maximum Gasteiger partial charge on any atom is 0.339 e. The average Bonchev–Trinajstić information content (AvgIpc) is 2.72. The number of amides is 1. The van der Waals surface area contributed by atoms with Crippen molar-refractivity contribution in [2.75, 3.05) is 10.3 Å². The molecule has 1 heterocycles. The molecule has 0 saturated carbocycles. The first-order chi connectivity index (χ1) is 15.9. The van der Waals surface area contributed by atoms with Crippen molar-refractivity contribution in [1.29, 1.82) is 0 Å². The monoisotopic (exact) mass is 588 g/mol. The molecule has 10 nitrogen and oxygen atoms in total. The number of benzene rings is 2. The fraction of sp³-hybridized carbons (Fsp3) is 0.150. The fourth-order valence-corrected chi connectivity index (χ4v) is 6.76. The Kier molecular flexibility index (Phi) is 7.81. The summed E-state index contributed by atoms with van der Waals surface area (Å²) in [6.07, 6.45) is 0. The van der Waals surface area contributed by atoms with Gasteiger partial charge in [0.2, 0.25) is 0 Å². The van der Waals surface area contributed by atoms with Crippen molar-refractivity contribution in [1.82, 2.24) is 14.7 Å². The Morgan fingerprint density at radius 2 is 1.65 bits per heavy atom. The second-order valence-corrected chi connectivity index (χ2v) is 11.6. The van der Waals surface area contributed by atoms with Gasteiger partial charge in [0.15, 0.2) is 6.61 Å². The lowest BCUT2D eigenvalue weighted by atomic mass is 10.3. The third-order valence-electron chi connectivity index (χ3n) is 4.09. The molecule has 3 aromatic rings. The summed E-state index contributed by atoms with van der Waals surface area (Å²) < 4.78 is 60.6. The van der Waals surface area contributed by atoms with E-state index in [0.29, 0.717) is 15.9 Å². The molecule has 0 aliphatic rings. The van der Waals surface area contributed by atoms with Gasteiger partial charge in [0.05, 0.1) is 10.7 Å². The van der Waals surface area contributed by atoms with Crippen LogP contribution in [0, 0.1) is 13.8 Å². The minimum atomic E-state index is -4.98. The Bertz CT molecular complexity index is 1420. The van der Waals surface area contributed by atoms with Gasteiger partial charge in [0, 0.05) is 15.9 Å². The smallest absolute Gasteiger partial charge is 0.339 e. The summed E-state index contributed by atoms with van der Waals surface area (Å²) in [5.41, 5.74) is 0.392. The van der Waals surface area contributed by atoms with Crippen molar-refractivity contribution < 1.29 is 26.4 Å². The minimum Gasteiger partial charge on any atom is -0.482 e. The molecule has 0 aliphatic heterocycles. The molecule has 0 bridgehead atoms. The van der Waals surface area contributed by atoms with E-state index < -0.39 is 37.9 Å². The van der Waals surface area contributed by atoms with E-state index in [-0.39, 0.29) is 20.2 Å². The van der Waals surface area contributed by atoms with Crippen LogP contribution >= 0.6 is 27.5 Å². The molecule has 3 rings (SSSR count). The largest absolute Gasteiger partial charge is 0.482 e. The number of para-hydroxylation sites is 1. The number of sulfonamides is 1. The van der Waals surface area contributed by atoms with E-state index in [1.807, 2.05) is 0 Å². The minimum absolute atomic E-state index is 0.0682. The highest BCUT2D eigenvalue weighted by Gasteiger charge is 2.39. The fourth-order valence-electron chi connectivity index (χ4n) is 2.79. The zero-order valence-corrected chi connectivity index (χ0v) is 21.7. The van der Waals surface area contributed by atoms with Crippen LogP contribution in [0.4, 0.5) is 5.69 Å². The maximum absolute atomic E-state index is 13.3. The summed E-state index contributed by atoms with van der Waals surface area (Å²) in [5, 5.41) is -0.546. The van der Waals surface area contributed by atoms with Gasteiger partial charge in [-0.15, -0.1) is 3.71 Å². The number of nitrogens with one attached hydrogen (secondary N) is 1. The van der Waals surface area contributed by atoms with Crippen LogP contribution in [-0.2, 0) is 25.0 Å². The molecule has 0 fully saturated rings. The number of anilines is 1. The summed E-state index contributed by atoms with van der Waals surface area (Å²) in [7, 11) is -9.82. The molecule has 1 aromatic heterocycles. The molecule has 0 spiro atoms. The van der Waals surface area contributed by atoms with E-state index in [9.17, 15) is 21.6 Å². The quantitative estimate of drug-likeness (QED) is 0.396. The molecule has 0 radical (unpaired) electrons. The number of hydrogen-bond acceptors (Lipinski definition) is 8. The van der Waals surface area contributed by atoms with Crippen LogP contribution < -0.4 is 13.2 Å². The lowest BCUT2D eigenvalue weighted by Gasteiger charge is -2.23. The van der Waals surface area contributed by atoms with Gasteiger partial charge in [0.1, 0.15) is 5.75 Å². The molecule has 0 atom stereocenters. The first kappa shape index (κ1) is 25.9. The van der Waals surface area contributed by atoms with E-state index >= 15 is 0 Å². The van der Waals surface area contributed by atoms with Gasteiger partial charge in [0.25, 0.3) is 11.1 Å². The average molecular weight is 590 g/mol. The van der Waals surface area contributed by atoms with E-state index in [1.54, 1.807) is 30.7 Å². The molecule has 34 heavy (non-hydrogen) atoms. The van der Waals surface area contributed by atoms with Crippen molar-refractivity contribution >= 4 is 59.4 Å². The highest BCUT2D eigenvalue weighted by atomic mass is 79.9. The summed E-state index contributed by atoms with van der Waals surface area (Å²) in [4.78, 5) is 20.2. The number of hydrogen-bond donors (Lipinski definition) is 1. The summed E-state index contributed by atoms with van der Waals surface area (Å²) >= 11 is 9.25. The first-order valence-corrected chi connectivity index (χ1v) is 13.5. The molecule has 0 unspecified atom stereocenters. The standard InChI is InChI=1S/C20H18BrClN4O6S2/c1-13-10-14(2)24-20(23-13)33(28,29)26(16-6-4-3-5-7-16)34(30,31)25-19(27)12-32-18-9-8-15(21)11-17(18)22/h3-11H,12H2,1-2H3,(H,25,27). The zero-order chi connectivity index (χ0) is 25.1. The van der Waals surface area contributed by atoms with Gasteiger partial charge in [-0.3, -0.25) is 4.79 Å². The van der Waals surface area contributed by atoms with Crippen molar-refractivity contribution in [2.45, 2.75) is 19.0 Å². The Balaban J connectivity index is 1.93. The van der Waals surface area contributed by atoms with Crippen LogP contribution in [-0.4, -0.2) is 39.3 Å². The number of ether oxygens (including phenoxy) is 1. The van der Waals surface area contributed by atoms with Crippen molar-refractivity contribution in [2.24, 2.45) is 0 Å². The van der Waals surface area contributed by atoms with Crippen LogP contribution in [0.1, 0.15) is 11.4 Å². The van der Waals surface area contributed by atoms with E-state index in [2.05, 4.69) is 25.9 Å². The maximum atomic E-state index is 13.3. The van der Waals surface area contributed by atoms with Gasteiger partial charge >= 0.3 is 20.2 Å². The number of aromatic nitrogens is 2. The first-order valence-electron chi connectivity index (χ1n) is 9.46. The highest BCUT2D eigenvalue weighted by molar-refractivity contribution is 9.10. The highest BCUT2D eigenvalue weighted by Crippen LogP contribution is 2.28. The number of halogens is 2. The zero-order valence-electron chi connectivity index (χ0n) is 17.8. The Hall–Kier alpha value is -2.74. The lowest BCUT2D eigenvalue weighted by molar-refractivity contribution is -0.121. The van der Waals surface area contributed by atoms with Gasteiger partial charge in [-0.2, -0.15) is 16.8 Å². The number of carbonyl (C=O) groups is 1. The molecular weight excluding hydrogens is 572 g/mol. The van der Waals surface area contributed by atoms with Gasteiger partial charge < -0.3 is 4.74 Å². The number of aryl methyl sites for hydroxylation is 2. The number of rotatable bonds is 8. The molecule has 0 saturated heterocycles. The van der Waals surface area contributed by atoms with Crippen molar-refractivity contribution in [3.63, 3.8) is 0 Å². The van der Waals surface area contributed by atoms with Gasteiger partial charge in [-0.25, -0.2) is 14.7 Å². The summed E-state index contributed by atoms with van der Waals surface area (Å²) in [6, 6.07) is 13.1. The molecule has 1 amide bonds. The molecule has 1 N–H and O–H groups in total. The van der Waals surface area contributed by atoms with E-state index in [0.717, 1.165) is 0 Å². The Morgan fingerprint density at radius 3 is 2.24 bits per heavy atom. The normalized spacial score (nSPS) is 11.6. The molecule has 180 valence electrons. The van der Waals surface area contributed by atoms with Gasteiger partial charge in [-0.05, 0) is 50.2 Å². The lowest BCUT2D eigenvalue weighted by Crippen LogP contribution is -2.48. The van der Waals surface area contributed by atoms with Crippen molar-refractivity contribution in [3.8, 4) is 5.75 Å². The SMILES string of the molecule is Cc1cc(C)nc(S(=O)(=O)N(c2ccccc2)S(=O)(=O)NC(=O)COc2ccc(Br)cc2Cl)n1. The van der Waals surface area contributed by atoms with Gasteiger partial charge in [-0.1, -0.05) is 45.7 Å². The number of nitrogens with zero attached hydrogens (tertiary/aromatic N) is 3. The predicted molar refractivity (Wildman–Crippen MR) is 129 cm³/mol. The molecular formula is C20H18BrClN4O6S2. The van der Waals surface area contributed by atoms with E-state index in [1.165, 1.54) is 42.5 Å². The second-order valence-electron chi connectivity index (χ2n) is 6.86. The predicted octanol–water partition coefficient (Wildman–Crippen LogP) is 3.14. The molecule has 0 aliphatic carbocycles. The third kappa shape index (κ3) is 6.03. The van der Waals surface area contributed by atoms with Crippen LogP contribution in [0.15, 0.2) is 64.2 Å². The topological polar surface area (TPSA) is 136 Å². The van der Waals surface area contributed by atoms with Crippen molar-refractivity contribution in [3.05, 3.63) is 75.5 Å². The Labute approximate surface area is 210 Å². The van der Waals surface area contributed by atoms with E-state index in [4.69, 9.17) is 16.3 Å². The molecule has 14 heteroatoms. The third-order valence-corrected chi connectivity index (χ3v) is 8.48. The van der Waals surface area contributed by atoms with Crippen LogP contribution in [0.25, 0.3) is 0 Å². The number of carbonyl (C=O) groups excluding carboxylic acids is 1. The second kappa shape index (κ2) is 10.3. The van der Waals surface area contributed by atoms with Crippen LogP contribution in [0.2, 0.25) is 5.02 Å². The van der Waals surface area contributed by atoms with Crippen LogP contribution in [0.5, 0.6) is 5.75 Å². The van der Waals surface area contributed by atoms with Crippen LogP contribution in [0.3, 0.4) is 0 Å². The summed E-state index contributed by atoms with van der Waals surface area (Å²) in [6.45, 7) is 2.34.